The van der Waals surface area contributed by atoms with Crippen molar-refractivity contribution in [2.45, 2.75) is 6.92 Å². The van der Waals surface area contributed by atoms with Gasteiger partial charge in [-0.2, -0.15) is 10.1 Å². The number of hydrogen-bond donors (Lipinski definition) is 0. The van der Waals surface area contributed by atoms with Gasteiger partial charge in [0.25, 0.3) is 5.91 Å². The summed E-state index contributed by atoms with van der Waals surface area (Å²) >= 11 is 18.0. The van der Waals surface area contributed by atoms with Crippen molar-refractivity contribution >= 4 is 58.2 Å². The van der Waals surface area contributed by atoms with Crippen molar-refractivity contribution in [3.8, 4) is 0 Å². The van der Waals surface area contributed by atoms with E-state index in [1.807, 2.05) is 0 Å². The summed E-state index contributed by atoms with van der Waals surface area (Å²) in [6.45, 7) is 1.78. The van der Waals surface area contributed by atoms with Crippen LogP contribution in [0.4, 0.5) is 5.69 Å². The van der Waals surface area contributed by atoms with Crippen molar-refractivity contribution in [3.05, 3.63) is 68.7 Å². The Bertz CT molecular complexity index is 859. The van der Waals surface area contributed by atoms with Crippen molar-refractivity contribution in [3.63, 3.8) is 0 Å². The van der Waals surface area contributed by atoms with Crippen LogP contribution in [0.1, 0.15) is 12.5 Å². The van der Waals surface area contributed by atoms with Crippen LogP contribution in [-0.2, 0) is 4.79 Å². The van der Waals surface area contributed by atoms with E-state index in [1.165, 1.54) is 5.01 Å². The average Bonchev–Trinajstić information content (AvgIpc) is 2.78. The lowest BCUT2D eigenvalue weighted by molar-refractivity contribution is -0.114. The number of hydrazone groups is 1. The second-order valence-electron chi connectivity index (χ2n) is 5.01. The minimum absolute atomic E-state index is 0.226. The molecule has 0 bridgehead atoms. The van der Waals surface area contributed by atoms with Crippen molar-refractivity contribution in [1.29, 1.82) is 0 Å². The molecule has 0 aliphatic carbocycles. The Kier molecular flexibility index (Phi) is 4.44. The molecule has 23 heavy (non-hydrogen) atoms. The SMILES string of the molecule is CC1=NN(c2cccc(Cl)c2)C(=O)/C1=C/c1ccc(Cl)cc1Cl. The van der Waals surface area contributed by atoms with Crippen LogP contribution in [0.5, 0.6) is 0 Å². The number of nitrogens with zero attached hydrogens (tertiary/aromatic N) is 2. The number of amides is 1. The monoisotopic (exact) mass is 364 g/mol. The highest BCUT2D eigenvalue weighted by Gasteiger charge is 2.28. The average molecular weight is 366 g/mol. The molecular weight excluding hydrogens is 355 g/mol. The predicted molar refractivity (Wildman–Crippen MR) is 96.5 cm³/mol. The van der Waals surface area contributed by atoms with Gasteiger partial charge in [-0.3, -0.25) is 4.79 Å². The molecule has 116 valence electrons. The summed E-state index contributed by atoms with van der Waals surface area (Å²) < 4.78 is 0. The molecule has 0 radical (unpaired) electrons. The van der Waals surface area contributed by atoms with Crippen LogP contribution >= 0.6 is 34.8 Å². The lowest BCUT2D eigenvalue weighted by atomic mass is 10.1. The van der Waals surface area contributed by atoms with Gasteiger partial charge < -0.3 is 0 Å². The van der Waals surface area contributed by atoms with E-state index in [4.69, 9.17) is 34.8 Å². The number of benzene rings is 2. The van der Waals surface area contributed by atoms with E-state index >= 15 is 0 Å². The Morgan fingerprint density at radius 3 is 2.48 bits per heavy atom. The number of rotatable bonds is 2. The van der Waals surface area contributed by atoms with Gasteiger partial charge in [0.15, 0.2) is 0 Å². The van der Waals surface area contributed by atoms with Crippen LogP contribution in [0.25, 0.3) is 6.08 Å². The molecule has 1 aliphatic rings. The Hall–Kier alpha value is -1.81. The topological polar surface area (TPSA) is 32.7 Å². The number of halogens is 3. The lowest BCUT2D eigenvalue weighted by Gasteiger charge is -2.11. The van der Waals surface area contributed by atoms with Gasteiger partial charge in [0.1, 0.15) is 0 Å². The molecule has 0 unspecified atom stereocenters. The summed E-state index contributed by atoms with van der Waals surface area (Å²) in [5.41, 5.74) is 2.42. The van der Waals surface area contributed by atoms with E-state index in [1.54, 1.807) is 55.5 Å². The standard InChI is InChI=1S/C17H11Cl3N2O/c1-10-15(7-11-5-6-13(19)9-16(11)20)17(23)22(21-10)14-4-2-3-12(18)8-14/h2-9H,1H3/b15-7+. The molecule has 0 aromatic heterocycles. The summed E-state index contributed by atoms with van der Waals surface area (Å²) in [6.07, 6.45) is 1.71. The fraction of sp³-hybridized carbons (Fsp3) is 0.0588. The molecule has 3 rings (SSSR count). The Labute approximate surface area is 148 Å². The van der Waals surface area contributed by atoms with E-state index in [0.717, 1.165) is 0 Å². The molecule has 0 atom stereocenters. The maximum atomic E-state index is 12.6. The number of carbonyl (C=O) groups excluding carboxylic acids is 1. The van der Waals surface area contributed by atoms with Crippen LogP contribution in [0.15, 0.2) is 53.1 Å². The van der Waals surface area contributed by atoms with Gasteiger partial charge in [-0.05, 0) is 48.9 Å². The predicted octanol–water partition coefficient (Wildman–Crippen LogP) is 5.45. The first-order valence-corrected chi connectivity index (χ1v) is 7.91. The van der Waals surface area contributed by atoms with Gasteiger partial charge in [-0.15, -0.1) is 0 Å². The second kappa shape index (κ2) is 6.36. The third-order valence-corrected chi connectivity index (χ3v) is 4.18. The summed E-state index contributed by atoms with van der Waals surface area (Å²) in [4.78, 5) is 12.6. The molecule has 1 aliphatic heterocycles. The Morgan fingerprint density at radius 1 is 1.04 bits per heavy atom. The number of carbonyl (C=O) groups is 1. The van der Waals surface area contributed by atoms with Gasteiger partial charge in [0.05, 0.1) is 17.0 Å². The van der Waals surface area contributed by atoms with Crippen molar-refractivity contribution in [1.82, 2.24) is 0 Å². The molecule has 2 aromatic carbocycles. The minimum Gasteiger partial charge on any atom is -0.267 e. The van der Waals surface area contributed by atoms with Crippen LogP contribution in [0.3, 0.4) is 0 Å². The van der Waals surface area contributed by atoms with Crippen LogP contribution in [-0.4, -0.2) is 11.6 Å². The van der Waals surface area contributed by atoms with Gasteiger partial charge in [-0.1, -0.05) is 46.9 Å². The van der Waals surface area contributed by atoms with Crippen molar-refractivity contribution in [2.24, 2.45) is 5.10 Å². The van der Waals surface area contributed by atoms with Crippen molar-refractivity contribution in [2.75, 3.05) is 5.01 Å². The minimum atomic E-state index is -0.226. The molecule has 0 spiro atoms. The summed E-state index contributed by atoms with van der Waals surface area (Å²) in [5.74, 6) is -0.226. The van der Waals surface area contributed by atoms with E-state index in [9.17, 15) is 4.79 Å². The molecule has 1 heterocycles. The van der Waals surface area contributed by atoms with Crippen LogP contribution < -0.4 is 5.01 Å². The zero-order valence-corrected chi connectivity index (χ0v) is 14.3. The largest absolute Gasteiger partial charge is 0.280 e. The highest BCUT2D eigenvalue weighted by molar-refractivity contribution is 6.37. The van der Waals surface area contributed by atoms with Gasteiger partial charge in [0, 0.05) is 15.1 Å². The molecular formula is C17H11Cl3N2O. The molecule has 1 amide bonds. The zero-order chi connectivity index (χ0) is 16.6. The van der Waals surface area contributed by atoms with Gasteiger partial charge >= 0.3 is 0 Å². The third kappa shape index (κ3) is 3.27. The van der Waals surface area contributed by atoms with Gasteiger partial charge in [-0.25, -0.2) is 0 Å². The highest BCUT2D eigenvalue weighted by Crippen LogP contribution is 2.29. The zero-order valence-electron chi connectivity index (χ0n) is 12.1. The molecule has 0 fully saturated rings. The third-order valence-electron chi connectivity index (χ3n) is 3.38. The summed E-state index contributed by atoms with van der Waals surface area (Å²) in [7, 11) is 0. The van der Waals surface area contributed by atoms with E-state index in [0.29, 0.717) is 37.6 Å². The molecule has 3 nitrogen and oxygen atoms in total. The van der Waals surface area contributed by atoms with Crippen LogP contribution in [0, 0.1) is 0 Å². The number of hydrogen-bond acceptors (Lipinski definition) is 2. The van der Waals surface area contributed by atoms with Crippen LogP contribution in [0.2, 0.25) is 15.1 Å². The van der Waals surface area contributed by atoms with E-state index < -0.39 is 0 Å². The smallest absolute Gasteiger partial charge is 0.267 e. The first-order chi connectivity index (χ1) is 11.0. The van der Waals surface area contributed by atoms with Gasteiger partial charge in [0.2, 0.25) is 0 Å². The maximum Gasteiger partial charge on any atom is 0.280 e. The molecule has 0 saturated heterocycles. The van der Waals surface area contributed by atoms with Crippen molar-refractivity contribution < 1.29 is 4.79 Å². The second-order valence-corrected chi connectivity index (χ2v) is 6.29. The summed E-state index contributed by atoms with van der Waals surface area (Å²) in [6, 6.07) is 12.1. The summed E-state index contributed by atoms with van der Waals surface area (Å²) in [5, 5.41) is 7.20. The van der Waals surface area contributed by atoms with E-state index in [2.05, 4.69) is 5.10 Å². The molecule has 0 N–H and O–H groups in total. The normalized spacial score (nSPS) is 16.2. The first kappa shape index (κ1) is 16.1. The lowest BCUT2D eigenvalue weighted by Crippen LogP contribution is -2.21. The molecule has 6 heteroatoms. The fourth-order valence-electron chi connectivity index (χ4n) is 2.24. The number of anilines is 1. The first-order valence-electron chi connectivity index (χ1n) is 6.78. The maximum absolute atomic E-state index is 12.6. The molecule has 0 saturated carbocycles. The Morgan fingerprint density at radius 2 is 1.78 bits per heavy atom. The quantitative estimate of drug-likeness (QED) is 0.651. The molecule has 2 aromatic rings. The van der Waals surface area contributed by atoms with E-state index in [-0.39, 0.29) is 5.91 Å². The fourth-order valence-corrected chi connectivity index (χ4v) is 2.89. The highest BCUT2D eigenvalue weighted by atomic mass is 35.5. The Balaban J connectivity index is 1.98.